The van der Waals surface area contributed by atoms with E-state index in [0.29, 0.717) is 30.2 Å². The number of hydrogen-bond donors (Lipinski definition) is 2. The predicted molar refractivity (Wildman–Crippen MR) is 105 cm³/mol. The van der Waals surface area contributed by atoms with E-state index in [1.165, 1.54) is 0 Å². The summed E-state index contributed by atoms with van der Waals surface area (Å²) in [6.45, 7) is 2.32. The second-order valence-electron chi connectivity index (χ2n) is 6.25. The van der Waals surface area contributed by atoms with Crippen molar-refractivity contribution in [2.45, 2.75) is 19.9 Å². The van der Waals surface area contributed by atoms with E-state index < -0.39 is 0 Å². The number of aryl methyl sites for hydroxylation is 1. The minimum Gasteiger partial charge on any atom is -0.496 e. The number of H-pyrrole nitrogens is 1. The molecule has 6 nitrogen and oxygen atoms in total. The van der Waals surface area contributed by atoms with Crippen LogP contribution in [0.5, 0.6) is 17.2 Å². The van der Waals surface area contributed by atoms with Crippen LogP contribution in [0.25, 0.3) is 10.9 Å². The fourth-order valence-electron chi connectivity index (χ4n) is 3.21. The zero-order valence-corrected chi connectivity index (χ0v) is 16.0. The van der Waals surface area contributed by atoms with Gasteiger partial charge in [0, 0.05) is 34.8 Å². The molecule has 6 heteroatoms. The minimum atomic E-state index is -0.0558. The standard InChI is InChI=1S/C21H24N2O4/c1-13-16(15-7-5-6-8-17(15)23-13)10-21(24)22-12-14-9-19(26-3)20(27-4)11-18(14)25-2/h5-9,11,23H,10,12H2,1-4H3,(H,22,24). The molecule has 1 aromatic heterocycles. The molecule has 3 rings (SSSR count). The molecule has 0 bridgehead atoms. The number of para-hydroxylation sites is 1. The van der Waals surface area contributed by atoms with Gasteiger partial charge in [0.05, 0.1) is 27.8 Å². The zero-order valence-electron chi connectivity index (χ0n) is 16.0. The third-order valence-corrected chi connectivity index (χ3v) is 4.63. The number of nitrogens with one attached hydrogen (secondary N) is 2. The fourth-order valence-corrected chi connectivity index (χ4v) is 3.21. The lowest BCUT2D eigenvalue weighted by Crippen LogP contribution is -2.25. The molecule has 0 aliphatic carbocycles. The molecule has 0 saturated carbocycles. The van der Waals surface area contributed by atoms with Crippen LogP contribution in [-0.2, 0) is 17.8 Å². The van der Waals surface area contributed by atoms with E-state index in [-0.39, 0.29) is 5.91 Å². The van der Waals surface area contributed by atoms with Crippen molar-refractivity contribution in [1.29, 1.82) is 0 Å². The monoisotopic (exact) mass is 368 g/mol. The fraction of sp³-hybridized carbons (Fsp3) is 0.286. The van der Waals surface area contributed by atoms with E-state index in [1.54, 1.807) is 27.4 Å². The topological polar surface area (TPSA) is 72.6 Å². The van der Waals surface area contributed by atoms with Crippen LogP contribution >= 0.6 is 0 Å². The summed E-state index contributed by atoms with van der Waals surface area (Å²) >= 11 is 0. The van der Waals surface area contributed by atoms with Crippen molar-refractivity contribution in [1.82, 2.24) is 10.3 Å². The first kappa shape index (κ1) is 18.6. The van der Waals surface area contributed by atoms with Crippen molar-refractivity contribution in [3.8, 4) is 17.2 Å². The summed E-state index contributed by atoms with van der Waals surface area (Å²) in [7, 11) is 4.73. The Morgan fingerprint density at radius 2 is 1.67 bits per heavy atom. The number of carbonyl (C=O) groups excluding carboxylic acids is 1. The lowest BCUT2D eigenvalue weighted by Gasteiger charge is -2.14. The van der Waals surface area contributed by atoms with Gasteiger partial charge in [0.25, 0.3) is 0 Å². The lowest BCUT2D eigenvalue weighted by molar-refractivity contribution is -0.120. The van der Waals surface area contributed by atoms with E-state index in [9.17, 15) is 4.79 Å². The van der Waals surface area contributed by atoms with Gasteiger partial charge in [-0.3, -0.25) is 4.79 Å². The van der Waals surface area contributed by atoms with Gasteiger partial charge < -0.3 is 24.5 Å². The summed E-state index contributed by atoms with van der Waals surface area (Å²) in [5, 5.41) is 4.04. The van der Waals surface area contributed by atoms with Crippen LogP contribution in [0.2, 0.25) is 0 Å². The maximum absolute atomic E-state index is 12.5. The van der Waals surface area contributed by atoms with Crippen molar-refractivity contribution >= 4 is 16.8 Å². The van der Waals surface area contributed by atoms with Crippen LogP contribution in [0, 0.1) is 6.92 Å². The molecule has 0 saturated heterocycles. The van der Waals surface area contributed by atoms with Gasteiger partial charge in [0.1, 0.15) is 5.75 Å². The number of rotatable bonds is 7. The van der Waals surface area contributed by atoms with E-state index >= 15 is 0 Å². The van der Waals surface area contributed by atoms with E-state index in [1.807, 2.05) is 37.3 Å². The number of ether oxygens (including phenoxy) is 3. The highest BCUT2D eigenvalue weighted by molar-refractivity contribution is 5.90. The molecule has 3 aromatic rings. The molecule has 0 spiro atoms. The summed E-state index contributed by atoms with van der Waals surface area (Å²) in [5.41, 5.74) is 3.89. The third kappa shape index (κ3) is 3.84. The number of carbonyl (C=O) groups is 1. The highest BCUT2D eigenvalue weighted by Gasteiger charge is 2.15. The maximum Gasteiger partial charge on any atom is 0.224 e. The van der Waals surface area contributed by atoms with E-state index in [4.69, 9.17) is 14.2 Å². The molecule has 0 aliphatic rings. The van der Waals surface area contributed by atoms with E-state index in [0.717, 1.165) is 27.7 Å². The largest absolute Gasteiger partial charge is 0.496 e. The van der Waals surface area contributed by atoms with Gasteiger partial charge in [0.2, 0.25) is 5.91 Å². The molecule has 142 valence electrons. The summed E-state index contributed by atoms with van der Waals surface area (Å²) < 4.78 is 16.0. The maximum atomic E-state index is 12.5. The van der Waals surface area contributed by atoms with Gasteiger partial charge in [-0.05, 0) is 24.6 Å². The first-order chi connectivity index (χ1) is 13.1. The van der Waals surface area contributed by atoms with Crippen LogP contribution in [-0.4, -0.2) is 32.2 Å². The van der Waals surface area contributed by atoms with Crippen molar-refractivity contribution in [2.24, 2.45) is 0 Å². The number of aromatic nitrogens is 1. The van der Waals surface area contributed by atoms with Gasteiger partial charge in [0.15, 0.2) is 11.5 Å². The molecule has 0 radical (unpaired) electrons. The van der Waals surface area contributed by atoms with Crippen molar-refractivity contribution in [3.63, 3.8) is 0 Å². The predicted octanol–water partition coefficient (Wildman–Crippen LogP) is 3.36. The van der Waals surface area contributed by atoms with Gasteiger partial charge in [-0.25, -0.2) is 0 Å². The highest BCUT2D eigenvalue weighted by atomic mass is 16.5. The van der Waals surface area contributed by atoms with Crippen molar-refractivity contribution < 1.29 is 19.0 Å². The van der Waals surface area contributed by atoms with E-state index in [2.05, 4.69) is 10.3 Å². The Morgan fingerprint density at radius 3 is 2.37 bits per heavy atom. The Balaban J connectivity index is 1.75. The Bertz CT molecular complexity index is 962. The number of amides is 1. The number of benzene rings is 2. The molecular weight excluding hydrogens is 344 g/mol. The molecule has 0 fully saturated rings. The number of hydrogen-bond acceptors (Lipinski definition) is 4. The average molecular weight is 368 g/mol. The third-order valence-electron chi connectivity index (χ3n) is 4.63. The average Bonchev–Trinajstić information content (AvgIpc) is 3.00. The molecule has 0 atom stereocenters. The quantitative estimate of drug-likeness (QED) is 0.671. The SMILES string of the molecule is COc1cc(OC)c(OC)cc1CNC(=O)Cc1c(C)[nH]c2ccccc12. The van der Waals surface area contributed by atoms with Crippen molar-refractivity contribution in [3.05, 3.63) is 53.2 Å². The molecule has 1 heterocycles. The summed E-state index contributed by atoms with van der Waals surface area (Å²) in [6.07, 6.45) is 0.311. The molecule has 0 unspecified atom stereocenters. The van der Waals surface area contributed by atoms with Gasteiger partial charge in [-0.15, -0.1) is 0 Å². The first-order valence-corrected chi connectivity index (χ1v) is 8.69. The smallest absolute Gasteiger partial charge is 0.224 e. The molecule has 27 heavy (non-hydrogen) atoms. The molecule has 2 N–H and O–H groups in total. The Kier molecular flexibility index (Phi) is 5.54. The Morgan fingerprint density at radius 1 is 1.00 bits per heavy atom. The Labute approximate surface area is 158 Å². The number of methoxy groups -OCH3 is 3. The summed E-state index contributed by atoms with van der Waals surface area (Å²) in [6, 6.07) is 11.6. The van der Waals surface area contributed by atoms with Crippen LogP contribution < -0.4 is 19.5 Å². The normalized spacial score (nSPS) is 10.7. The lowest BCUT2D eigenvalue weighted by atomic mass is 10.1. The molecule has 0 aliphatic heterocycles. The van der Waals surface area contributed by atoms with Crippen molar-refractivity contribution in [2.75, 3.05) is 21.3 Å². The summed E-state index contributed by atoms with van der Waals surface area (Å²) in [4.78, 5) is 15.9. The van der Waals surface area contributed by atoms with Crippen LogP contribution in [0.15, 0.2) is 36.4 Å². The van der Waals surface area contributed by atoms with Crippen LogP contribution in [0.1, 0.15) is 16.8 Å². The zero-order chi connectivity index (χ0) is 19.4. The van der Waals surface area contributed by atoms with Gasteiger partial charge >= 0.3 is 0 Å². The number of aromatic amines is 1. The Hall–Kier alpha value is -3.15. The van der Waals surface area contributed by atoms with Gasteiger partial charge in [-0.1, -0.05) is 18.2 Å². The second kappa shape index (κ2) is 8.03. The molecule has 1 amide bonds. The molecule has 2 aromatic carbocycles. The summed E-state index contributed by atoms with van der Waals surface area (Å²) in [5.74, 6) is 1.75. The second-order valence-corrected chi connectivity index (χ2v) is 6.25. The van der Waals surface area contributed by atoms with Gasteiger partial charge in [-0.2, -0.15) is 0 Å². The minimum absolute atomic E-state index is 0.0558. The number of fused-ring (bicyclic) bond motifs is 1. The first-order valence-electron chi connectivity index (χ1n) is 8.69. The molecular formula is C21H24N2O4. The van der Waals surface area contributed by atoms with Crippen LogP contribution in [0.3, 0.4) is 0 Å². The van der Waals surface area contributed by atoms with Crippen LogP contribution in [0.4, 0.5) is 0 Å². The highest BCUT2D eigenvalue weighted by Crippen LogP contribution is 2.34.